The molecule has 0 amide bonds. The first-order chi connectivity index (χ1) is 7.89. The highest BCUT2D eigenvalue weighted by atomic mass is 19.4. The van der Waals surface area contributed by atoms with Crippen LogP contribution in [0.25, 0.3) is 0 Å². The average molecular weight is 243 g/mol. The van der Waals surface area contributed by atoms with Crippen LogP contribution in [0.3, 0.4) is 0 Å². The maximum absolute atomic E-state index is 12.5. The molecule has 17 heavy (non-hydrogen) atoms. The highest BCUT2D eigenvalue weighted by molar-refractivity contribution is 5.36. The lowest BCUT2D eigenvalue weighted by molar-refractivity contribution is -0.137. The van der Waals surface area contributed by atoms with Crippen molar-refractivity contribution in [1.29, 1.82) is 0 Å². The van der Waals surface area contributed by atoms with Crippen molar-refractivity contribution in [3.8, 4) is 0 Å². The quantitative estimate of drug-likeness (QED) is 0.801. The summed E-state index contributed by atoms with van der Waals surface area (Å²) in [5, 5.41) is 0. The van der Waals surface area contributed by atoms with Gasteiger partial charge < -0.3 is 5.73 Å². The Labute approximate surface area is 98.8 Å². The van der Waals surface area contributed by atoms with Gasteiger partial charge in [-0.15, -0.1) is 0 Å². The Kier molecular flexibility index (Phi) is 3.17. The molecule has 94 valence electrons. The molecule has 1 aliphatic rings. The van der Waals surface area contributed by atoms with Crippen molar-refractivity contribution in [2.75, 3.05) is 0 Å². The topological polar surface area (TPSA) is 26.0 Å². The first-order valence-electron chi connectivity index (χ1n) is 5.83. The van der Waals surface area contributed by atoms with Crippen LogP contribution in [0.1, 0.15) is 41.9 Å². The minimum absolute atomic E-state index is 0.0884. The zero-order chi connectivity index (χ0) is 12.6. The Balaban J connectivity index is 2.32. The summed E-state index contributed by atoms with van der Waals surface area (Å²) in [5.41, 5.74) is 7.07. The van der Waals surface area contributed by atoms with Crippen LogP contribution in [-0.2, 0) is 6.18 Å². The van der Waals surface area contributed by atoms with E-state index in [2.05, 4.69) is 0 Å². The number of benzene rings is 1. The van der Waals surface area contributed by atoms with Gasteiger partial charge in [-0.05, 0) is 48.9 Å². The van der Waals surface area contributed by atoms with Crippen molar-refractivity contribution >= 4 is 0 Å². The molecule has 1 fully saturated rings. The SMILES string of the molecule is Cc1cc(C(F)(F)F)ccc1C1CCCC1N. The van der Waals surface area contributed by atoms with E-state index in [9.17, 15) is 13.2 Å². The maximum atomic E-state index is 12.5. The summed E-state index contributed by atoms with van der Waals surface area (Å²) in [7, 11) is 0. The molecule has 0 saturated heterocycles. The lowest BCUT2D eigenvalue weighted by Crippen LogP contribution is -2.23. The second kappa shape index (κ2) is 4.33. The summed E-state index contributed by atoms with van der Waals surface area (Å²) in [6.07, 6.45) is -1.26. The van der Waals surface area contributed by atoms with Crippen molar-refractivity contribution in [2.24, 2.45) is 5.73 Å². The van der Waals surface area contributed by atoms with Gasteiger partial charge in [0.05, 0.1) is 5.56 Å². The molecule has 1 saturated carbocycles. The number of hydrogen-bond acceptors (Lipinski definition) is 1. The molecule has 4 heteroatoms. The molecule has 2 rings (SSSR count). The molecule has 2 atom stereocenters. The molecule has 1 nitrogen and oxygen atoms in total. The van der Waals surface area contributed by atoms with Crippen LogP contribution in [-0.4, -0.2) is 6.04 Å². The van der Waals surface area contributed by atoms with E-state index in [1.807, 2.05) is 0 Å². The average Bonchev–Trinajstić information content (AvgIpc) is 2.63. The van der Waals surface area contributed by atoms with Gasteiger partial charge in [-0.1, -0.05) is 12.5 Å². The van der Waals surface area contributed by atoms with Gasteiger partial charge in [0, 0.05) is 6.04 Å². The Morgan fingerprint density at radius 1 is 1.24 bits per heavy atom. The summed E-state index contributed by atoms with van der Waals surface area (Å²) < 4.78 is 37.6. The van der Waals surface area contributed by atoms with Gasteiger partial charge in [0.1, 0.15) is 0 Å². The van der Waals surface area contributed by atoms with Crippen LogP contribution >= 0.6 is 0 Å². The number of nitrogens with two attached hydrogens (primary N) is 1. The van der Waals surface area contributed by atoms with Crippen LogP contribution in [0.4, 0.5) is 13.2 Å². The molecule has 0 bridgehead atoms. The van der Waals surface area contributed by atoms with E-state index in [0.717, 1.165) is 30.9 Å². The Morgan fingerprint density at radius 2 is 1.94 bits per heavy atom. The van der Waals surface area contributed by atoms with Crippen molar-refractivity contribution in [2.45, 2.75) is 44.3 Å². The van der Waals surface area contributed by atoms with Crippen LogP contribution in [0.5, 0.6) is 0 Å². The van der Waals surface area contributed by atoms with Gasteiger partial charge in [0.2, 0.25) is 0 Å². The number of rotatable bonds is 1. The zero-order valence-electron chi connectivity index (χ0n) is 9.72. The van der Waals surface area contributed by atoms with Crippen LogP contribution in [0.15, 0.2) is 18.2 Å². The van der Waals surface area contributed by atoms with E-state index in [1.54, 1.807) is 13.0 Å². The Bertz CT molecular complexity index is 412. The third kappa shape index (κ3) is 2.46. The van der Waals surface area contributed by atoms with E-state index in [4.69, 9.17) is 5.73 Å². The van der Waals surface area contributed by atoms with Crippen LogP contribution in [0.2, 0.25) is 0 Å². The fourth-order valence-corrected chi connectivity index (χ4v) is 2.64. The van der Waals surface area contributed by atoms with Gasteiger partial charge >= 0.3 is 6.18 Å². The second-order valence-corrected chi connectivity index (χ2v) is 4.77. The smallest absolute Gasteiger partial charge is 0.327 e. The molecule has 2 N–H and O–H groups in total. The largest absolute Gasteiger partial charge is 0.416 e. The van der Waals surface area contributed by atoms with Gasteiger partial charge in [-0.2, -0.15) is 13.2 Å². The van der Waals surface area contributed by atoms with E-state index in [1.165, 1.54) is 6.07 Å². The lowest BCUT2D eigenvalue weighted by Gasteiger charge is -2.19. The predicted molar refractivity (Wildman–Crippen MR) is 60.7 cm³/mol. The first-order valence-corrected chi connectivity index (χ1v) is 5.83. The molecule has 0 aliphatic heterocycles. The number of halogens is 3. The van der Waals surface area contributed by atoms with E-state index in [-0.39, 0.29) is 12.0 Å². The molecular formula is C13H16F3N. The van der Waals surface area contributed by atoms with Crippen LogP contribution in [0, 0.1) is 6.92 Å². The standard InChI is InChI=1S/C13H16F3N/c1-8-7-9(13(14,15)16)5-6-10(8)11-3-2-4-12(11)17/h5-7,11-12H,2-4,17H2,1H3. The number of alkyl halides is 3. The Morgan fingerprint density at radius 3 is 2.41 bits per heavy atom. The van der Waals surface area contributed by atoms with Crippen molar-refractivity contribution in [1.82, 2.24) is 0 Å². The van der Waals surface area contributed by atoms with Gasteiger partial charge in [0.15, 0.2) is 0 Å². The summed E-state index contributed by atoms with van der Waals surface area (Å²) in [6.45, 7) is 1.73. The second-order valence-electron chi connectivity index (χ2n) is 4.77. The molecule has 0 radical (unpaired) electrons. The first kappa shape index (κ1) is 12.4. The highest BCUT2D eigenvalue weighted by Crippen LogP contribution is 2.37. The summed E-state index contributed by atoms with van der Waals surface area (Å²) in [6, 6.07) is 4.06. The van der Waals surface area contributed by atoms with Gasteiger partial charge in [0.25, 0.3) is 0 Å². The fraction of sp³-hybridized carbons (Fsp3) is 0.538. The van der Waals surface area contributed by atoms with Crippen LogP contribution < -0.4 is 5.73 Å². The number of hydrogen-bond donors (Lipinski definition) is 1. The molecule has 1 aliphatic carbocycles. The highest BCUT2D eigenvalue weighted by Gasteiger charge is 2.32. The molecular weight excluding hydrogens is 227 g/mol. The van der Waals surface area contributed by atoms with Gasteiger partial charge in [-0.25, -0.2) is 0 Å². The predicted octanol–water partition coefficient (Wildman–Crippen LogP) is 3.61. The summed E-state index contributed by atoms with van der Waals surface area (Å²) >= 11 is 0. The normalized spacial score (nSPS) is 25.2. The van der Waals surface area contributed by atoms with Crippen molar-refractivity contribution in [3.05, 3.63) is 34.9 Å². The summed E-state index contributed by atoms with van der Waals surface area (Å²) in [5.74, 6) is 0.220. The van der Waals surface area contributed by atoms with Crippen molar-refractivity contribution in [3.63, 3.8) is 0 Å². The molecule has 1 aromatic rings. The van der Waals surface area contributed by atoms with Gasteiger partial charge in [-0.3, -0.25) is 0 Å². The van der Waals surface area contributed by atoms with E-state index >= 15 is 0 Å². The minimum atomic E-state index is -4.26. The lowest BCUT2D eigenvalue weighted by atomic mass is 9.90. The minimum Gasteiger partial charge on any atom is -0.327 e. The molecule has 0 spiro atoms. The number of aryl methyl sites for hydroxylation is 1. The fourth-order valence-electron chi connectivity index (χ4n) is 2.64. The Hall–Kier alpha value is -1.03. The maximum Gasteiger partial charge on any atom is 0.416 e. The molecule has 0 heterocycles. The molecule has 1 aromatic carbocycles. The van der Waals surface area contributed by atoms with Crippen molar-refractivity contribution < 1.29 is 13.2 Å². The monoisotopic (exact) mass is 243 g/mol. The van der Waals surface area contributed by atoms with E-state index < -0.39 is 11.7 Å². The molecule has 2 unspecified atom stereocenters. The molecule has 0 aromatic heterocycles. The third-order valence-electron chi connectivity index (χ3n) is 3.57. The summed E-state index contributed by atoms with van der Waals surface area (Å²) in [4.78, 5) is 0. The third-order valence-corrected chi connectivity index (χ3v) is 3.57. The zero-order valence-corrected chi connectivity index (χ0v) is 9.72. The van der Waals surface area contributed by atoms with E-state index in [0.29, 0.717) is 5.56 Å².